The van der Waals surface area contributed by atoms with Crippen molar-refractivity contribution in [2.24, 2.45) is 5.92 Å². The van der Waals surface area contributed by atoms with Crippen LogP contribution in [-0.2, 0) is 9.59 Å². The largest absolute Gasteiger partial charge is 0.481 e. The first kappa shape index (κ1) is 17.8. The predicted octanol–water partition coefficient (Wildman–Crippen LogP) is 4.33. The fourth-order valence-electron chi connectivity index (χ4n) is 3.23. The average molecular weight is 338 g/mol. The van der Waals surface area contributed by atoms with Crippen LogP contribution in [-0.4, -0.2) is 17.0 Å². The predicted molar refractivity (Wildman–Crippen MR) is 90.4 cm³/mol. The molecule has 0 heterocycles. The van der Waals surface area contributed by atoms with E-state index in [0.29, 0.717) is 17.4 Å². The molecule has 0 bridgehead atoms. The van der Waals surface area contributed by atoms with Gasteiger partial charge in [0.05, 0.1) is 12.5 Å². The van der Waals surface area contributed by atoms with E-state index in [1.54, 1.807) is 24.3 Å². The van der Waals surface area contributed by atoms with Crippen molar-refractivity contribution in [3.63, 3.8) is 0 Å². The van der Waals surface area contributed by atoms with Crippen LogP contribution < -0.4 is 5.32 Å². The summed E-state index contributed by atoms with van der Waals surface area (Å²) in [6.45, 7) is 0. The second-order valence-corrected chi connectivity index (χ2v) is 6.75. The number of aliphatic carboxylic acids is 1. The van der Waals surface area contributed by atoms with E-state index in [2.05, 4.69) is 5.32 Å². The van der Waals surface area contributed by atoms with Gasteiger partial charge in [-0.15, -0.1) is 0 Å². The number of rotatable bonds is 7. The van der Waals surface area contributed by atoms with Gasteiger partial charge in [0.15, 0.2) is 0 Å². The van der Waals surface area contributed by atoms with Crippen LogP contribution in [0.25, 0.3) is 0 Å². The van der Waals surface area contributed by atoms with Crippen molar-refractivity contribution in [1.82, 2.24) is 5.32 Å². The third-order valence-electron chi connectivity index (χ3n) is 4.47. The molecule has 2 rings (SSSR count). The smallest absolute Gasteiger partial charge is 0.305 e. The zero-order valence-electron chi connectivity index (χ0n) is 13.3. The highest BCUT2D eigenvalue weighted by Gasteiger charge is 2.20. The summed E-state index contributed by atoms with van der Waals surface area (Å²) in [7, 11) is 0. The fraction of sp³-hybridized carbons (Fsp3) is 0.556. The molecular weight excluding hydrogens is 314 g/mol. The number of halogens is 1. The number of amides is 1. The summed E-state index contributed by atoms with van der Waals surface area (Å²) in [5.41, 5.74) is 0.728. The lowest BCUT2D eigenvalue weighted by atomic mass is 9.86. The molecule has 1 aliphatic carbocycles. The standard InChI is InChI=1S/C18H24ClNO3/c19-15-8-4-7-14(11-15)16(12-18(22)23)20-17(21)10-9-13-5-2-1-3-6-13/h4,7-8,11,13,16H,1-3,5-6,9-10,12H2,(H,20,21)(H,22,23)/t16-/m0/s1. The summed E-state index contributed by atoms with van der Waals surface area (Å²) >= 11 is 5.96. The van der Waals surface area contributed by atoms with Gasteiger partial charge in [-0.25, -0.2) is 0 Å². The monoisotopic (exact) mass is 337 g/mol. The minimum absolute atomic E-state index is 0.0817. The van der Waals surface area contributed by atoms with Crippen molar-refractivity contribution in [3.05, 3.63) is 34.9 Å². The molecule has 0 unspecified atom stereocenters. The van der Waals surface area contributed by atoms with Crippen molar-refractivity contribution in [3.8, 4) is 0 Å². The van der Waals surface area contributed by atoms with E-state index in [4.69, 9.17) is 16.7 Å². The van der Waals surface area contributed by atoms with Crippen LogP contribution in [0.5, 0.6) is 0 Å². The van der Waals surface area contributed by atoms with Gasteiger partial charge in [0.25, 0.3) is 0 Å². The van der Waals surface area contributed by atoms with E-state index in [9.17, 15) is 9.59 Å². The van der Waals surface area contributed by atoms with Gasteiger partial charge in [-0.05, 0) is 30.0 Å². The maximum atomic E-state index is 12.2. The van der Waals surface area contributed by atoms with Crippen LogP contribution in [0.15, 0.2) is 24.3 Å². The van der Waals surface area contributed by atoms with Crippen molar-refractivity contribution < 1.29 is 14.7 Å². The zero-order chi connectivity index (χ0) is 16.7. The molecule has 0 aromatic heterocycles. The Morgan fingerprint density at radius 3 is 2.65 bits per heavy atom. The lowest BCUT2D eigenvalue weighted by Gasteiger charge is -2.22. The first-order chi connectivity index (χ1) is 11.0. The number of hydrogen-bond acceptors (Lipinski definition) is 2. The minimum atomic E-state index is -0.942. The number of hydrogen-bond donors (Lipinski definition) is 2. The molecule has 1 amide bonds. The summed E-state index contributed by atoms with van der Waals surface area (Å²) in [6, 6.07) is 6.46. The van der Waals surface area contributed by atoms with Gasteiger partial charge in [-0.2, -0.15) is 0 Å². The molecule has 1 aromatic rings. The highest BCUT2D eigenvalue weighted by Crippen LogP contribution is 2.27. The minimum Gasteiger partial charge on any atom is -0.481 e. The first-order valence-electron chi connectivity index (χ1n) is 8.31. The van der Waals surface area contributed by atoms with Crippen molar-refractivity contribution in [2.45, 2.75) is 57.4 Å². The van der Waals surface area contributed by atoms with Gasteiger partial charge in [-0.3, -0.25) is 9.59 Å². The Morgan fingerprint density at radius 1 is 1.26 bits per heavy atom. The third kappa shape index (κ3) is 6.22. The van der Waals surface area contributed by atoms with Gasteiger partial charge in [0.1, 0.15) is 0 Å². The molecule has 1 saturated carbocycles. The molecule has 0 saturated heterocycles. The van der Waals surface area contributed by atoms with E-state index in [-0.39, 0.29) is 12.3 Å². The topological polar surface area (TPSA) is 66.4 Å². The summed E-state index contributed by atoms with van der Waals surface area (Å²) < 4.78 is 0. The molecule has 5 heteroatoms. The Bertz CT molecular complexity index is 541. The third-order valence-corrected chi connectivity index (χ3v) is 4.70. The second-order valence-electron chi connectivity index (χ2n) is 6.32. The Hall–Kier alpha value is -1.55. The fourth-order valence-corrected chi connectivity index (χ4v) is 3.43. The van der Waals surface area contributed by atoms with Gasteiger partial charge in [0, 0.05) is 11.4 Å². The SMILES string of the molecule is O=C(O)C[C@H](NC(=O)CCC1CCCCC1)c1cccc(Cl)c1. The van der Waals surface area contributed by atoms with E-state index in [1.807, 2.05) is 0 Å². The Morgan fingerprint density at radius 2 is 2.00 bits per heavy atom. The Kier molecular flexibility index (Phi) is 6.90. The van der Waals surface area contributed by atoms with Crippen molar-refractivity contribution >= 4 is 23.5 Å². The molecule has 1 atom stereocenters. The normalized spacial score (nSPS) is 16.7. The number of carboxylic acids is 1. The van der Waals surface area contributed by atoms with Crippen LogP contribution in [0.1, 0.15) is 63.0 Å². The molecular formula is C18H24ClNO3. The number of carbonyl (C=O) groups is 2. The Labute approximate surface area is 142 Å². The van der Waals surface area contributed by atoms with E-state index in [1.165, 1.54) is 32.1 Å². The highest BCUT2D eigenvalue weighted by atomic mass is 35.5. The van der Waals surface area contributed by atoms with Crippen LogP contribution in [0.2, 0.25) is 5.02 Å². The maximum Gasteiger partial charge on any atom is 0.305 e. The second kappa shape index (κ2) is 8.92. The van der Waals surface area contributed by atoms with Crippen molar-refractivity contribution in [2.75, 3.05) is 0 Å². The number of carboxylic acid groups (broad SMARTS) is 1. The Balaban J connectivity index is 1.91. The molecule has 4 nitrogen and oxygen atoms in total. The summed E-state index contributed by atoms with van der Waals surface area (Å²) in [6.07, 6.45) is 7.45. The van der Waals surface area contributed by atoms with Gasteiger partial charge < -0.3 is 10.4 Å². The highest BCUT2D eigenvalue weighted by molar-refractivity contribution is 6.30. The van der Waals surface area contributed by atoms with E-state index >= 15 is 0 Å². The molecule has 0 aliphatic heterocycles. The van der Waals surface area contributed by atoms with E-state index in [0.717, 1.165) is 12.0 Å². The average Bonchev–Trinajstić information content (AvgIpc) is 2.53. The molecule has 0 spiro atoms. The molecule has 2 N–H and O–H groups in total. The maximum absolute atomic E-state index is 12.2. The lowest BCUT2D eigenvalue weighted by Crippen LogP contribution is -2.30. The van der Waals surface area contributed by atoms with Crippen LogP contribution >= 0.6 is 11.6 Å². The molecule has 1 aliphatic rings. The summed E-state index contributed by atoms with van der Waals surface area (Å²) in [5.74, 6) is -0.386. The molecule has 23 heavy (non-hydrogen) atoms. The van der Waals surface area contributed by atoms with Gasteiger partial charge in [0.2, 0.25) is 5.91 Å². The zero-order valence-corrected chi connectivity index (χ0v) is 14.0. The molecule has 1 aromatic carbocycles. The van der Waals surface area contributed by atoms with Gasteiger partial charge in [-0.1, -0.05) is 55.8 Å². The van der Waals surface area contributed by atoms with Crippen molar-refractivity contribution in [1.29, 1.82) is 0 Å². The van der Waals surface area contributed by atoms with Crippen LogP contribution in [0, 0.1) is 5.92 Å². The first-order valence-corrected chi connectivity index (χ1v) is 8.69. The van der Waals surface area contributed by atoms with Crippen LogP contribution in [0.3, 0.4) is 0 Å². The molecule has 0 radical (unpaired) electrons. The van der Waals surface area contributed by atoms with E-state index < -0.39 is 12.0 Å². The summed E-state index contributed by atoms with van der Waals surface area (Å²) in [5, 5.41) is 12.5. The number of carbonyl (C=O) groups excluding carboxylic acids is 1. The summed E-state index contributed by atoms with van der Waals surface area (Å²) in [4.78, 5) is 23.3. The van der Waals surface area contributed by atoms with Crippen LogP contribution in [0.4, 0.5) is 0 Å². The molecule has 126 valence electrons. The number of nitrogens with one attached hydrogen (secondary N) is 1. The lowest BCUT2D eigenvalue weighted by molar-refractivity contribution is -0.137. The van der Waals surface area contributed by atoms with Gasteiger partial charge >= 0.3 is 5.97 Å². The molecule has 1 fully saturated rings. The number of benzene rings is 1. The quantitative estimate of drug-likeness (QED) is 0.778.